The molecule has 0 spiro atoms. The maximum absolute atomic E-state index is 6.23. The number of aliphatic imine (C=N–C) groups is 1. The van der Waals surface area contributed by atoms with Gasteiger partial charge in [-0.25, -0.2) is 0 Å². The molecule has 0 amide bonds. The average Bonchev–Trinajstić information content (AvgIpc) is 2.62. The Kier molecular flexibility index (Phi) is 9.64. The number of nitrogens with one attached hydrogen (secondary N) is 2. The molecule has 0 unspecified atom stereocenters. The van der Waals surface area contributed by atoms with Gasteiger partial charge in [-0.05, 0) is 44.4 Å². The van der Waals surface area contributed by atoms with Crippen molar-refractivity contribution >= 4 is 41.5 Å². The topological polar surface area (TPSA) is 54.9 Å². The Hall–Kier alpha value is -0.570. The molecule has 1 heterocycles. The predicted molar refractivity (Wildman–Crippen MR) is 119 cm³/mol. The van der Waals surface area contributed by atoms with Crippen molar-refractivity contribution in [1.29, 1.82) is 0 Å². The van der Waals surface area contributed by atoms with Crippen LogP contribution in [0.4, 0.5) is 0 Å². The first kappa shape index (κ1) is 23.5. The molecule has 1 saturated heterocycles. The van der Waals surface area contributed by atoms with Gasteiger partial charge >= 0.3 is 0 Å². The molecular weight excluding hydrogens is 465 g/mol. The van der Waals surface area contributed by atoms with Gasteiger partial charge in [0.2, 0.25) is 0 Å². The van der Waals surface area contributed by atoms with Crippen molar-refractivity contribution in [2.24, 2.45) is 4.99 Å². The Bertz CT molecular complexity index is 590. The van der Waals surface area contributed by atoms with Gasteiger partial charge in [0.25, 0.3) is 0 Å². The summed E-state index contributed by atoms with van der Waals surface area (Å²) >= 11 is 6.23. The van der Waals surface area contributed by atoms with E-state index in [0.29, 0.717) is 6.54 Å². The van der Waals surface area contributed by atoms with Crippen LogP contribution in [0.1, 0.15) is 32.3 Å². The van der Waals surface area contributed by atoms with Crippen molar-refractivity contribution in [1.82, 2.24) is 10.6 Å². The van der Waals surface area contributed by atoms with E-state index in [1.54, 1.807) is 14.2 Å². The number of hydrogen-bond donors (Lipinski definition) is 2. The fraction of sp³-hybridized carbons (Fsp3) is 0.632. The minimum absolute atomic E-state index is 0. The highest BCUT2D eigenvalue weighted by Crippen LogP contribution is 2.35. The second-order valence-corrected chi connectivity index (χ2v) is 7.58. The summed E-state index contributed by atoms with van der Waals surface area (Å²) in [4.78, 5) is 4.33. The first-order chi connectivity index (χ1) is 11.9. The van der Waals surface area contributed by atoms with Gasteiger partial charge in [-0.1, -0.05) is 23.7 Å². The number of nitrogens with zero attached hydrogens (tertiary/aromatic N) is 1. The molecule has 1 aromatic rings. The third-order valence-corrected chi connectivity index (χ3v) is 5.17. The van der Waals surface area contributed by atoms with Crippen molar-refractivity contribution in [3.8, 4) is 0 Å². The molecule has 0 radical (unpaired) electrons. The first-order valence-corrected chi connectivity index (χ1v) is 9.12. The van der Waals surface area contributed by atoms with Gasteiger partial charge in [-0.2, -0.15) is 0 Å². The van der Waals surface area contributed by atoms with E-state index in [2.05, 4.69) is 27.8 Å². The van der Waals surface area contributed by atoms with Gasteiger partial charge in [0.15, 0.2) is 5.96 Å². The molecule has 0 atom stereocenters. The van der Waals surface area contributed by atoms with Crippen LogP contribution in [0.25, 0.3) is 0 Å². The molecule has 1 aromatic carbocycles. The summed E-state index contributed by atoms with van der Waals surface area (Å²) < 4.78 is 11.0. The molecule has 7 heteroatoms. The normalized spacial score (nSPS) is 17.3. The highest BCUT2D eigenvalue weighted by molar-refractivity contribution is 14.0. The quantitative estimate of drug-likeness (QED) is 0.360. The average molecular weight is 496 g/mol. The SMILES string of the molecule is CN=C(NCC(C)(C)OC)NCC1(c2cccc(Cl)c2)CCOCC1.I. The van der Waals surface area contributed by atoms with E-state index in [0.717, 1.165) is 43.6 Å². The monoisotopic (exact) mass is 495 g/mol. The lowest BCUT2D eigenvalue weighted by molar-refractivity contribution is 0.0267. The lowest BCUT2D eigenvalue weighted by Gasteiger charge is -2.38. The van der Waals surface area contributed by atoms with E-state index < -0.39 is 0 Å². The van der Waals surface area contributed by atoms with Gasteiger partial charge in [-0.15, -0.1) is 24.0 Å². The Morgan fingerprint density at radius 2 is 2.00 bits per heavy atom. The highest BCUT2D eigenvalue weighted by atomic mass is 127. The summed E-state index contributed by atoms with van der Waals surface area (Å²) in [6, 6.07) is 8.16. The van der Waals surface area contributed by atoms with Crippen LogP contribution < -0.4 is 10.6 Å². The molecule has 148 valence electrons. The number of hydrogen-bond acceptors (Lipinski definition) is 3. The fourth-order valence-corrected chi connectivity index (χ4v) is 3.18. The van der Waals surface area contributed by atoms with Crippen molar-refractivity contribution in [3.05, 3.63) is 34.9 Å². The van der Waals surface area contributed by atoms with E-state index >= 15 is 0 Å². The van der Waals surface area contributed by atoms with Crippen LogP contribution in [0.5, 0.6) is 0 Å². The maximum atomic E-state index is 6.23. The zero-order valence-electron chi connectivity index (χ0n) is 16.1. The summed E-state index contributed by atoms with van der Waals surface area (Å²) in [5.74, 6) is 0.776. The lowest BCUT2D eigenvalue weighted by Crippen LogP contribution is -2.50. The molecule has 0 bridgehead atoms. The zero-order valence-corrected chi connectivity index (χ0v) is 19.2. The van der Waals surface area contributed by atoms with E-state index in [-0.39, 0.29) is 35.0 Å². The summed E-state index contributed by atoms with van der Waals surface area (Å²) in [5.41, 5.74) is 1.00. The van der Waals surface area contributed by atoms with Gasteiger partial charge in [0.05, 0.1) is 5.60 Å². The molecule has 2 rings (SSSR count). The highest BCUT2D eigenvalue weighted by Gasteiger charge is 2.34. The van der Waals surface area contributed by atoms with Crippen LogP contribution in [0.3, 0.4) is 0 Å². The molecular formula is C19H31ClIN3O2. The Balaban J connectivity index is 0.00000338. The van der Waals surface area contributed by atoms with Crippen molar-refractivity contribution in [3.63, 3.8) is 0 Å². The molecule has 5 nitrogen and oxygen atoms in total. The van der Waals surface area contributed by atoms with Gasteiger partial charge in [0, 0.05) is 50.9 Å². The molecule has 0 aliphatic carbocycles. The summed E-state index contributed by atoms with van der Waals surface area (Å²) in [5, 5.41) is 7.59. The van der Waals surface area contributed by atoms with E-state index in [1.807, 2.05) is 26.0 Å². The third kappa shape index (κ3) is 6.55. The molecule has 0 saturated carbocycles. The van der Waals surface area contributed by atoms with Gasteiger partial charge in [-0.3, -0.25) is 4.99 Å². The predicted octanol–water partition coefficient (Wildman–Crippen LogP) is 3.60. The minimum atomic E-state index is -0.249. The first-order valence-electron chi connectivity index (χ1n) is 8.74. The molecule has 2 N–H and O–H groups in total. The second-order valence-electron chi connectivity index (χ2n) is 7.15. The summed E-state index contributed by atoms with van der Waals surface area (Å²) in [6.07, 6.45) is 1.92. The third-order valence-electron chi connectivity index (χ3n) is 4.94. The molecule has 1 fully saturated rings. The van der Waals surface area contributed by atoms with E-state index in [1.165, 1.54) is 5.56 Å². The van der Waals surface area contributed by atoms with E-state index in [4.69, 9.17) is 21.1 Å². The molecule has 26 heavy (non-hydrogen) atoms. The number of halogens is 2. The smallest absolute Gasteiger partial charge is 0.191 e. The number of benzene rings is 1. The molecule has 1 aliphatic heterocycles. The summed E-state index contributed by atoms with van der Waals surface area (Å²) in [7, 11) is 3.50. The molecule has 1 aliphatic rings. The maximum Gasteiger partial charge on any atom is 0.191 e. The summed E-state index contributed by atoms with van der Waals surface area (Å²) in [6.45, 7) is 7.06. The van der Waals surface area contributed by atoms with Crippen LogP contribution in [-0.4, -0.2) is 52.0 Å². The van der Waals surface area contributed by atoms with Crippen LogP contribution in [0.15, 0.2) is 29.3 Å². The van der Waals surface area contributed by atoms with Crippen LogP contribution in [-0.2, 0) is 14.9 Å². The lowest BCUT2D eigenvalue weighted by atomic mass is 9.74. The number of ether oxygens (including phenoxy) is 2. The van der Waals surface area contributed by atoms with Crippen LogP contribution >= 0.6 is 35.6 Å². The Morgan fingerprint density at radius 3 is 2.58 bits per heavy atom. The van der Waals surface area contributed by atoms with E-state index in [9.17, 15) is 0 Å². The van der Waals surface area contributed by atoms with Crippen LogP contribution in [0.2, 0.25) is 5.02 Å². The van der Waals surface area contributed by atoms with Crippen molar-refractivity contribution in [2.45, 2.75) is 37.7 Å². The number of rotatable bonds is 6. The van der Waals surface area contributed by atoms with Crippen LogP contribution in [0, 0.1) is 0 Å². The zero-order chi connectivity index (χ0) is 18.3. The Labute approximate surface area is 179 Å². The van der Waals surface area contributed by atoms with Crippen molar-refractivity contribution < 1.29 is 9.47 Å². The fourth-order valence-electron chi connectivity index (χ4n) is 2.99. The van der Waals surface area contributed by atoms with Gasteiger partial charge < -0.3 is 20.1 Å². The number of guanidine groups is 1. The second kappa shape index (κ2) is 10.7. The van der Waals surface area contributed by atoms with Crippen molar-refractivity contribution in [2.75, 3.05) is 40.5 Å². The minimum Gasteiger partial charge on any atom is -0.381 e. The Morgan fingerprint density at radius 1 is 1.31 bits per heavy atom. The largest absolute Gasteiger partial charge is 0.381 e. The standard InChI is InChI=1S/C19H30ClN3O2.HI/c1-18(2,24-4)13-22-17(21-3)23-14-19(8-10-25-11-9-19)15-6-5-7-16(20)12-15;/h5-7,12H,8-11,13-14H2,1-4H3,(H2,21,22,23);1H. The number of methoxy groups -OCH3 is 1. The molecule has 0 aromatic heterocycles. The van der Waals surface area contributed by atoms with Gasteiger partial charge in [0.1, 0.15) is 0 Å².